The number of nitrogens with zero attached hydrogens (tertiary/aromatic N) is 4. The van der Waals surface area contributed by atoms with E-state index >= 15 is 0 Å². The number of benzene rings is 3. The second-order valence-electron chi connectivity index (χ2n) is 10.5. The zero-order valence-corrected chi connectivity index (χ0v) is 23.7. The lowest BCUT2D eigenvalue weighted by Gasteiger charge is -2.40. The fourth-order valence-corrected chi connectivity index (χ4v) is 6.12. The molecule has 0 amide bonds. The first-order valence-corrected chi connectivity index (χ1v) is 14.6. The molecular weight excluding hydrogens is 520 g/mol. The maximum atomic E-state index is 10.6. The maximum absolute atomic E-state index is 10.6. The average molecular weight is 555 g/mol. The van der Waals surface area contributed by atoms with Gasteiger partial charge in [0.05, 0.1) is 20.9 Å². The number of aryl methyl sites for hydroxylation is 1. The SMILES string of the molecule is Cc1nc2cc(OC[C@@H](O)CN3CCN(Cc4cc(-c5ccc(-c6ccccc6)cc5)on4)[C@@H](C)C3)ccc2s1. The van der Waals surface area contributed by atoms with E-state index in [-0.39, 0.29) is 6.61 Å². The maximum Gasteiger partial charge on any atom is 0.167 e. The largest absolute Gasteiger partial charge is 0.491 e. The number of aliphatic hydroxyl groups is 1. The summed E-state index contributed by atoms with van der Waals surface area (Å²) in [5, 5.41) is 16.0. The number of aliphatic hydroxyl groups excluding tert-OH is 1. The van der Waals surface area contributed by atoms with Gasteiger partial charge >= 0.3 is 0 Å². The summed E-state index contributed by atoms with van der Waals surface area (Å²) >= 11 is 1.67. The van der Waals surface area contributed by atoms with E-state index in [1.54, 1.807) is 11.3 Å². The summed E-state index contributed by atoms with van der Waals surface area (Å²) in [6, 6.07) is 27.1. The number of rotatable bonds is 9. The van der Waals surface area contributed by atoms with Gasteiger partial charge in [-0.05, 0) is 37.1 Å². The molecule has 8 heteroatoms. The third-order valence-corrected chi connectivity index (χ3v) is 8.38. The molecule has 6 rings (SSSR count). The Hall–Kier alpha value is -3.56. The van der Waals surface area contributed by atoms with E-state index in [0.29, 0.717) is 12.6 Å². The highest BCUT2D eigenvalue weighted by Gasteiger charge is 2.26. The van der Waals surface area contributed by atoms with E-state index in [9.17, 15) is 5.11 Å². The Morgan fingerprint density at radius 3 is 2.58 bits per heavy atom. The van der Waals surface area contributed by atoms with E-state index in [2.05, 4.69) is 75.4 Å². The minimum Gasteiger partial charge on any atom is -0.491 e. The molecule has 0 radical (unpaired) electrons. The number of thiazole rings is 1. The van der Waals surface area contributed by atoms with Gasteiger partial charge in [0.2, 0.25) is 0 Å². The van der Waals surface area contributed by atoms with Gasteiger partial charge in [-0.1, -0.05) is 59.8 Å². The lowest BCUT2D eigenvalue weighted by atomic mass is 10.0. The van der Waals surface area contributed by atoms with Crippen molar-refractivity contribution < 1.29 is 14.4 Å². The molecule has 0 saturated carbocycles. The normalized spacial score (nSPS) is 17.3. The van der Waals surface area contributed by atoms with Gasteiger partial charge < -0.3 is 14.4 Å². The monoisotopic (exact) mass is 554 g/mol. The van der Waals surface area contributed by atoms with Crippen molar-refractivity contribution in [3.05, 3.63) is 89.6 Å². The van der Waals surface area contributed by atoms with E-state index < -0.39 is 6.10 Å². The van der Waals surface area contributed by atoms with Gasteiger partial charge in [0.15, 0.2) is 5.76 Å². The van der Waals surface area contributed by atoms with Crippen LogP contribution in [0.15, 0.2) is 83.4 Å². The van der Waals surface area contributed by atoms with E-state index in [0.717, 1.165) is 64.2 Å². The highest BCUT2D eigenvalue weighted by Crippen LogP contribution is 2.27. The Labute approximate surface area is 238 Å². The molecule has 40 heavy (non-hydrogen) atoms. The first-order valence-electron chi connectivity index (χ1n) is 13.8. The molecule has 0 spiro atoms. The van der Waals surface area contributed by atoms with Crippen molar-refractivity contribution in [3.8, 4) is 28.2 Å². The average Bonchev–Trinajstić information content (AvgIpc) is 3.59. The van der Waals surface area contributed by atoms with Crippen LogP contribution in [-0.4, -0.2) is 70.0 Å². The van der Waals surface area contributed by atoms with Crippen LogP contribution in [0.2, 0.25) is 0 Å². The van der Waals surface area contributed by atoms with Gasteiger partial charge in [-0.15, -0.1) is 11.3 Å². The molecule has 1 saturated heterocycles. The molecule has 0 unspecified atom stereocenters. The lowest BCUT2D eigenvalue weighted by molar-refractivity contribution is 0.0250. The number of ether oxygens (including phenoxy) is 1. The van der Waals surface area contributed by atoms with Crippen LogP contribution in [0.4, 0.5) is 0 Å². The smallest absolute Gasteiger partial charge is 0.167 e. The first-order chi connectivity index (χ1) is 19.5. The third-order valence-electron chi connectivity index (χ3n) is 7.43. The van der Waals surface area contributed by atoms with E-state index in [4.69, 9.17) is 9.26 Å². The fraction of sp³-hybridized carbons (Fsp3) is 0.312. The lowest BCUT2D eigenvalue weighted by Crippen LogP contribution is -2.53. The molecule has 5 aromatic rings. The standard InChI is InChI=1S/C32H34N4O3S/c1-22-18-35(20-28(37)21-38-29-12-13-32-30(17-29)33-23(2)40-32)14-15-36(22)19-27-16-31(39-34-27)26-10-8-25(9-11-26)24-6-4-3-5-7-24/h3-13,16-17,22,28,37H,14-15,18-21H2,1-2H3/t22-,28-/m0/s1. The molecule has 1 aliphatic heterocycles. The Balaban J connectivity index is 0.978. The van der Waals surface area contributed by atoms with Crippen LogP contribution in [0.5, 0.6) is 5.75 Å². The second-order valence-corrected chi connectivity index (χ2v) is 11.8. The van der Waals surface area contributed by atoms with Crippen molar-refractivity contribution in [3.63, 3.8) is 0 Å². The topological polar surface area (TPSA) is 74.9 Å². The predicted octanol–water partition coefficient (Wildman–Crippen LogP) is 5.87. The van der Waals surface area contributed by atoms with Crippen LogP contribution in [-0.2, 0) is 6.54 Å². The Bertz CT molecular complexity index is 1550. The van der Waals surface area contributed by atoms with Gasteiger partial charge in [-0.25, -0.2) is 4.98 Å². The molecule has 7 nitrogen and oxygen atoms in total. The highest BCUT2D eigenvalue weighted by atomic mass is 32.1. The first kappa shape index (κ1) is 26.7. The van der Waals surface area contributed by atoms with Crippen LogP contribution in [0.3, 0.4) is 0 Å². The Morgan fingerprint density at radius 2 is 1.77 bits per heavy atom. The number of hydrogen-bond donors (Lipinski definition) is 1. The molecule has 2 atom stereocenters. The molecule has 3 aromatic carbocycles. The van der Waals surface area contributed by atoms with E-state index in [1.807, 2.05) is 37.3 Å². The molecule has 1 N–H and O–H groups in total. The zero-order chi connectivity index (χ0) is 27.5. The molecular formula is C32H34N4O3S. The van der Waals surface area contributed by atoms with Crippen molar-refractivity contribution in [1.82, 2.24) is 19.9 Å². The summed E-state index contributed by atoms with van der Waals surface area (Å²) in [6.07, 6.45) is -0.557. The number of fused-ring (bicyclic) bond motifs is 1. The molecule has 206 valence electrons. The van der Waals surface area contributed by atoms with Crippen molar-refractivity contribution in [2.45, 2.75) is 32.5 Å². The Morgan fingerprint density at radius 1 is 1.00 bits per heavy atom. The summed E-state index contributed by atoms with van der Waals surface area (Å²) < 4.78 is 12.7. The van der Waals surface area contributed by atoms with Gasteiger partial charge in [0.1, 0.15) is 18.5 Å². The minimum absolute atomic E-state index is 0.261. The molecule has 0 bridgehead atoms. The predicted molar refractivity (Wildman–Crippen MR) is 160 cm³/mol. The number of piperazine rings is 1. The van der Waals surface area contributed by atoms with Crippen molar-refractivity contribution >= 4 is 21.6 Å². The third kappa shape index (κ3) is 6.26. The van der Waals surface area contributed by atoms with Gasteiger partial charge in [-0.3, -0.25) is 9.80 Å². The quantitative estimate of drug-likeness (QED) is 0.244. The van der Waals surface area contributed by atoms with Gasteiger partial charge in [-0.2, -0.15) is 0 Å². The summed E-state index contributed by atoms with van der Waals surface area (Å²) in [4.78, 5) is 9.25. The van der Waals surface area contributed by atoms with Crippen LogP contribution in [0.1, 0.15) is 17.6 Å². The van der Waals surface area contributed by atoms with Crippen LogP contribution in [0.25, 0.3) is 32.7 Å². The summed E-state index contributed by atoms with van der Waals surface area (Å²) in [7, 11) is 0. The zero-order valence-electron chi connectivity index (χ0n) is 22.9. The highest BCUT2D eigenvalue weighted by molar-refractivity contribution is 7.18. The fourth-order valence-electron chi connectivity index (χ4n) is 5.31. The Kier molecular flexibility index (Phi) is 7.93. The van der Waals surface area contributed by atoms with Crippen LogP contribution in [0, 0.1) is 6.92 Å². The van der Waals surface area contributed by atoms with Crippen LogP contribution < -0.4 is 4.74 Å². The molecule has 1 aliphatic rings. The van der Waals surface area contributed by atoms with E-state index in [1.165, 1.54) is 11.1 Å². The number of β-amino-alcohol motifs (C(OH)–C–C–N with tert-alkyl or cyclic N) is 1. The van der Waals surface area contributed by atoms with Crippen LogP contribution >= 0.6 is 11.3 Å². The number of hydrogen-bond acceptors (Lipinski definition) is 8. The van der Waals surface area contributed by atoms with Crippen molar-refractivity contribution in [2.24, 2.45) is 0 Å². The van der Waals surface area contributed by atoms with Gasteiger partial charge in [0.25, 0.3) is 0 Å². The molecule has 0 aliphatic carbocycles. The molecule has 3 heterocycles. The van der Waals surface area contributed by atoms with Crippen molar-refractivity contribution in [2.75, 3.05) is 32.8 Å². The second kappa shape index (κ2) is 11.9. The number of aromatic nitrogens is 2. The molecule has 1 fully saturated rings. The summed E-state index contributed by atoms with van der Waals surface area (Å²) in [5.41, 5.74) is 5.28. The summed E-state index contributed by atoms with van der Waals surface area (Å²) in [6.45, 7) is 8.49. The summed E-state index contributed by atoms with van der Waals surface area (Å²) in [5.74, 6) is 1.53. The molecule has 2 aromatic heterocycles. The van der Waals surface area contributed by atoms with Crippen molar-refractivity contribution in [1.29, 1.82) is 0 Å². The minimum atomic E-state index is -0.557. The van der Waals surface area contributed by atoms with Gasteiger partial charge in [0, 0.05) is 56.5 Å².